The van der Waals surface area contributed by atoms with Crippen molar-refractivity contribution in [3.8, 4) is 0 Å². The molecule has 0 aromatic heterocycles. The number of amides is 1. The van der Waals surface area contributed by atoms with E-state index in [2.05, 4.69) is 49.0 Å². The predicted octanol–water partition coefficient (Wildman–Crippen LogP) is -0.744. The number of benzene rings is 1. The van der Waals surface area contributed by atoms with Gasteiger partial charge >= 0.3 is 6.02 Å². The van der Waals surface area contributed by atoms with Crippen molar-refractivity contribution < 1.29 is 14.6 Å². The maximum Gasteiger partial charge on any atom is 0.313 e. The molecule has 0 radical (unpaired) electrons. The van der Waals surface area contributed by atoms with Gasteiger partial charge in [0.2, 0.25) is 0 Å². The van der Waals surface area contributed by atoms with Gasteiger partial charge in [-0.15, -0.1) is 0 Å². The summed E-state index contributed by atoms with van der Waals surface area (Å²) < 4.78 is 5.16. The number of fused-ring (bicyclic) bond motifs is 1. The van der Waals surface area contributed by atoms with Crippen molar-refractivity contribution in [3.63, 3.8) is 0 Å². The topological polar surface area (TPSA) is 111 Å². The molecule has 1 unspecified atom stereocenters. The van der Waals surface area contributed by atoms with Crippen LogP contribution in [-0.4, -0.2) is 85.8 Å². The summed E-state index contributed by atoms with van der Waals surface area (Å²) in [5.41, 5.74) is 3.05. The summed E-state index contributed by atoms with van der Waals surface area (Å²) in [5, 5.41) is 19.8. The van der Waals surface area contributed by atoms with E-state index in [0.29, 0.717) is 24.7 Å². The number of aliphatic hydroxyl groups excluding tert-OH is 1. The molecule has 9 nitrogen and oxygen atoms in total. The average Bonchev–Trinajstić information content (AvgIpc) is 2.74. The minimum atomic E-state index is -0.645. The third-order valence-corrected chi connectivity index (χ3v) is 5.71. The molecule has 0 bridgehead atoms. The van der Waals surface area contributed by atoms with Crippen molar-refractivity contribution in [2.45, 2.75) is 37.7 Å². The molecule has 9 heteroatoms. The van der Waals surface area contributed by atoms with E-state index >= 15 is 0 Å². The highest BCUT2D eigenvalue weighted by atomic mass is 16.5. The summed E-state index contributed by atoms with van der Waals surface area (Å²) in [6.45, 7) is 4.21. The SMILES string of the molecule is COC1=NC(NC2CNC2)CC(C(=O)NC[C@H](O)CN2CCc3ccccc3C2)=N1. The molecular formula is C21H30N6O3. The van der Waals surface area contributed by atoms with E-state index in [1.807, 2.05) is 6.07 Å². The van der Waals surface area contributed by atoms with Gasteiger partial charge < -0.3 is 20.5 Å². The summed E-state index contributed by atoms with van der Waals surface area (Å²) >= 11 is 0. The molecule has 0 aliphatic carbocycles. The monoisotopic (exact) mass is 414 g/mol. The Hall–Kier alpha value is -2.33. The van der Waals surface area contributed by atoms with Gasteiger partial charge in [0.1, 0.15) is 11.9 Å². The maximum absolute atomic E-state index is 12.6. The lowest BCUT2D eigenvalue weighted by atomic mass is 10.00. The molecule has 0 spiro atoms. The molecule has 162 valence electrons. The number of hydrogen-bond acceptors (Lipinski definition) is 8. The van der Waals surface area contributed by atoms with Crippen LogP contribution in [0.4, 0.5) is 0 Å². The van der Waals surface area contributed by atoms with Crippen LogP contribution in [0.1, 0.15) is 17.5 Å². The normalized spacial score (nSPS) is 22.9. The Morgan fingerprint density at radius 1 is 1.37 bits per heavy atom. The molecule has 3 aliphatic heterocycles. The van der Waals surface area contributed by atoms with Gasteiger partial charge in [0.15, 0.2) is 0 Å². The molecule has 1 saturated heterocycles. The highest BCUT2D eigenvalue weighted by Gasteiger charge is 2.28. The summed E-state index contributed by atoms with van der Waals surface area (Å²) in [7, 11) is 1.49. The van der Waals surface area contributed by atoms with E-state index in [9.17, 15) is 9.90 Å². The van der Waals surface area contributed by atoms with Crippen molar-refractivity contribution >= 4 is 17.6 Å². The standard InChI is InChI=1S/C21H30N6O3/c1-30-21-25-18(8-19(26-21)24-16-9-22-10-16)20(29)23-11-17(28)13-27-7-6-14-4-2-3-5-15(14)12-27/h2-5,16-17,19,22,24,28H,6-13H2,1H3,(H,23,29)/t17-,19?/m0/s1. The number of hydrogen-bond donors (Lipinski definition) is 4. The van der Waals surface area contributed by atoms with Gasteiger partial charge in [-0.2, -0.15) is 4.99 Å². The smallest absolute Gasteiger partial charge is 0.313 e. The van der Waals surface area contributed by atoms with Crippen molar-refractivity contribution in [3.05, 3.63) is 35.4 Å². The van der Waals surface area contributed by atoms with Gasteiger partial charge in [0.05, 0.1) is 13.2 Å². The van der Waals surface area contributed by atoms with Crippen LogP contribution in [0.25, 0.3) is 0 Å². The molecular weight excluding hydrogens is 384 g/mol. The quantitative estimate of drug-likeness (QED) is 0.468. The number of carbonyl (C=O) groups excluding carboxylic acids is 1. The van der Waals surface area contributed by atoms with Gasteiger partial charge in [-0.05, 0) is 17.5 Å². The van der Waals surface area contributed by atoms with Gasteiger partial charge in [-0.25, -0.2) is 4.99 Å². The lowest BCUT2D eigenvalue weighted by Gasteiger charge is -2.32. The van der Waals surface area contributed by atoms with Crippen molar-refractivity contribution in [2.75, 3.05) is 39.8 Å². The number of nitrogens with zero attached hydrogens (tertiary/aromatic N) is 3. The first-order chi connectivity index (χ1) is 14.6. The molecule has 3 aliphatic rings. The lowest BCUT2D eigenvalue weighted by molar-refractivity contribution is -0.115. The lowest BCUT2D eigenvalue weighted by Crippen LogP contribution is -2.58. The van der Waals surface area contributed by atoms with Gasteiger partial charge in [-0.3, -0.25) is 15.0 Å². The molecule has 1 aromatic rings. The number of β-amino-alcohol motifs (C(OH)–C–C–N with tert-alkyl or cyclic N) is 1. The van der Waals surface area contributed by atoms with Gasteiger partial charge in [0, 0.05) is 51.7 Å². The molecule has 4 N–H and O–H groups in total. The zero-order chi connectivity index (χ0) is 20.9. The Kier molecular flexibility index (Phi) is 6.73. The van der Waals surface area contributed by atoms with Crippen LogP contribution in [0.15, 0.2) is 34.3 Å². The molecule has 1 fully saturated rings. The number of aliphatic imine (C=N–C) groups is 2. The van der Waals surface area contributed by atoms with E-state index < -0.39 is 6.10 Å². The van der Waals surface area contributed by atoms with Crippen LogP contribution in [0, 0.1) is 0 Å². The Bertz CT molecular complexity index is 823. The third kappa shape index (κ3) is 5.23. The highest BCUT2D eigenvalue weighted by molar-refractivity contribution is 6.40. The minimum absolute atomic E-state index is 0.181. The second-order valence-corrected chi connectivity index (χ2v) is 8.03. The first-order valence-electron chi connectivity index (χ1n) is 10.5. The van der Waals surface area contributed by atoms with Crippen LogP contribution < -0.4 is 16.0 Å². The zero-order valence-electron chi connectivity index (χ0n) is 17.3. The largest absolute Gasteiger partial charge is 0.467 e. The van der Waals surface area contributed by atoms with Crippen LogP contribution in [0.2, 0.25) is 0 Å². The fourth-order valence-corrected chi connectivity index (χ4v) is 3.95. The van der Waals surface area contributed by atoms with Crippen LogP contribution in [0.5, 0.6) is 0 Å². The Morgan fingerprint density at radius 2 is 2.17 bits per heavy atom. The van der Waals surface area contributed by atoms with E-state index in [1.54, 1.807) is 0 Å². The molecule has 30 heavy (non-hydrogen) atoms. The summed E-state index contributed by atoms with van der Waals surface area (Å²) in [6, 6.07) is 8.95. The number of aliphatic hydroxyl groups is 1. The first-order valence-corrected chi connectivity index (χ1v) is 10.5. The maximum atomic E-state index is 12.6. The van der Waals surface area contributed by atoms with Crippen molar-refractivity contribution in [2.24, 2.45) is 9.98 Å². The van der Waals surface area contributed by atoms with Gasteiger partial charge in [0.25, 0.3) is 5.91 Å². The number of carbonyl (C=O) groups is 1. The number of rotatable bonds is 7. The summed E-state index contributed by atoms with van der Waals surface area (Å²) in [4.78, 5) is 23.4. The van der Waals surface area contributed by atoms with E-state index in [4.69, 9.17) is 4.74 Å². The fourth-order valence-electron chi connectivity index (χ4n) is 3.95. The second-order valence-electron chi connectivity index (χ2n) is 8.03. The molecule has 0 saturated carbocycles. The molecule has 4 rings (SSSR count). The first kappa shape index (κ1) is 20.9. The van der Waals surface area contributed by atoms with E-state index in [1.165, 1.54) is 18.2 Å². The number of methoxy groups -OCH3 is 1. The van der Waals surface area contributed by atoms with Crippen molar-refractivity contribution in [1.29, 1.82) is 0 Å². The van der Waals surface area contributed by atoms with Crippen molar-refractivity contribution in [1.82, 2.24) is 20.9 Å². The second kappa shape index (κ2) is 9.65. The van der Waals surface area contributed by atoms with E-state index in [0.717, 1.165) is 32.6 Å². The molecule has 1 amide bonds. The van der Waals surface area contributed by atoms with E-state index in [-0.39, 0.29) is 24.6 Å². The molecule has 1 aromatic carbocycles. The van der Waals surface area contributed by atoms with Crippen LogP contribution in [-0.2, 0) is 22.5 Å². The number of ether oxygens (including phenoxy) is 1. The Labute approximate surface area is 176 Å². The summed E-state index contributed by atoms with van der Waals surface area (Å²) in [6.07, 6.45) is 0.502. The van der Waals surface area contributed by atoms with Crippen LogP contribution in [0.3, 0.4) is 0 Å². The average molecular weight is 415 g/mol. The highest BCUT2D eigenvalue weighted by Crippen LogP contribution is 2.18. The predicted molar refractivity (Wildman–Crippen MR) is 115 cm³/mol. The molecule has 2 atom stereocenters. The third-order valence-electron chi connectivity index (χ3n) is 5.71. The minimum Gasteiger partial charge on any atom is -0.467 e. The molecule has 3 heterocycles. The Balaban J connectivity index is 1.25. The van der Waals surface area contributed by atoms with Gasteiger partial charge in [-0.1, -0.05) is 24.3 Å². The van der Waals surface area contributed by atoms with Crippen LogP contribution >= 0.6 is 0 Å². The summed E-state index contributed by atoms with van der Waals surface area (Å²) in [5.74, 6) is -0.291. The number of nitrogens with one attached hydrogen (secondary N) is 3. The zero-order valence-corrected chi connectivity index (χ0v) is 17.3. The fraction of sp³-hybridized carbons (Fsp3) is 0.571. The Morgan fingerprint density at radius 3 is 2.90 bits per heavy atom. The number of amidine groups is 1.